The van der Waals surface area contributed by atoms with Crippen LogP contribution in [0.4, 0.5) is 10.1 Å². The number of rotatable bonds is 3. The molecular weight excluding hydrogens is 331 g/mol. The fourth-order valence-electron chi connectivity index (χ4n) is 1.58. The highest BCUT2D eigenvalue weighted by Gasteiger charge is 2.10. The molecule has 0 aliphatic heterocycles. The Hall–Kier alpha value is -0.670. The van der Waals surface area contributed by atoms with Gasteiger partial charge in [-0.2, -0.15) is 0 Å². The summed E-state index contributed by atoms with van der Waals surface area (Å²) < 4.78 is 13.1. The minimum atomic E-state index is -0.485. The highest BCUT2D eigenvalue weighted by Crippen LogP contribution is 2.33. The van der Waals surface area contributed by atoms with Crippen LogP contribution in [0.5, 0.6) is 0 Å². The van der Waals surface area contributed by atoms with Crippen LogP contribution in [0.3, 0.4) is 0 Å². The van der Waals surface area contributed by atoms with E-state index in [4.69, 9.17) is 46.4 Å². The monoisotopic (exact) mass is 337 g/mol. The van der Waals surface area contributed by atoms with Crippen LogP contribution in [0.15, 0.2) is 30.3 Å². The van der Waals surface area contributed by atoms with Crippen LogP contribution in [0.1, 0.15) is 5.56 Å². The van der Waals surface area contributed by atoms with Crippen LogP contribution in [0, 0.1) is 5.82 Å². The molecule has 0 fully saturated rings. The molecule has 0 unspecified atom stereocenters. The van der Waals surface area contributed by atoms with Gasteiger partial charge in [0.15, 0.2) is 0 Å². The van der Waals surface area contributed by atoms with E-state index in [0.29, 0.717) is 22.3 Å². The van der Waals surface area contributed by atoms with Crippen LogP contribution in [-0.2, 0) is 6.54 Å². The summed E-state index contributed by atoms with van der Waals surface area (Å²) >= 11 is 23.8. The van der Waals surface area contributed by atoms with Crippen molar-refractivity contribution in [1.82, 2.24) is 0 Å². The van der Waals surface area contributed by atoms with Crippen molar-refractivity contribution in [2.45, 2.75) is 6.54 Å². The third-order valence-electron chi connectivity index (χ3n) is 2.49. The van der Waals surface area contributed by atoms with E-state index in [2.05, 4.69) is 5.32 Å². The zero-order valence-corrected chi connectivity index (χ0v) is 12.5. The van der Waals surface area contributed by atoms with Gasteiger partial charge in [0, 0.05) is 6.54 Å². The van der Waals surface area contributed by atoms with E-state index < -0.39 is 5.82 Å². The Morgan fingerprint density at radius 3 is 2.21 bits per heavy atom. The fourth-order valence-corrected chi connectivity index (χ4v) is 2.56. The van der Waals surface area contributed by atoms with Crippen LogP contribution >= 0.6 is 46.4 Å². The molecule has 0 spiro atoms. The molecule has 6 heteroatoms. The molecule has 2 aromatic rings. The number of hydrogen-bond acceptors (Lipinski definition) is 1. The lowest BCUT2D eigenvalue weighted by molar-refractivity contribution is 0.628. The second-order valence-electron chi connectivity index (χ2n) is 3.81. The molecule has 0 aliphatic carbocycles. The van der Waals surface area contributed by atoms with Crippen LogP contribution < -0.4 is 5.32 Å². The third kappa shape index (κ3) is 3.46. The Kier molecular flexibility index (Phi) is 4.80. The van der Waals surface area contributed by atoms with Crippen LogP contribution in [0.2, 0.25) is 20.1 Å². The van der Waals surface area contributed by atoms with E-state index >= 15 is 0 Å². The average molecular weight is 339 g/mol. The third-order valence-corrected chi connectivity index (χ3v) is 3.95. The van der Waals surface area contributed by atoms with Gasteiger partial charge in [0.05, 0.1) is 25.8 Å². The fraction of sp³-hybridized carbons (Fsp3) is 0.0769. The van der Waals surface area contributed by atoms with E-state index in [9.17, 15) is 4.39 Å². The van der Waals surface area contributed by atoms with Gasteiger partial charge < -0.3 is 5.32 Å². The van der Waals surface area contributed by atoms with Gasteiger partial charge in [-0.3, -0.25) is 0 Å². The molecule has 0 atom stereocenters. The Bertz CT molecular complexity index is 593. The van der Waals surface area contributed by atoms with E-state index in [-0.39, 0.29) is 10.0 Å². The molecule has 0 saturated carbocycles. The second-order valence-corrected chi connectivity index (χ2v) is 5.41. The summed E-state index contributed by atoms with van der Waals surface area (Å²) in [5.74, 6) is -0.485. The zero-order chi connectivity index (χ0) is 14.0. The Labute approximate surface area is 130 Å². The summed E-state index contributed by atoms with van der Waals surface area (Å²) in [6, 6.07) is 7.70. The summed E-state index contributed by atoms with van der Waals surface area (Å²) in [5, 5.41) is 4.38. The first kappa shape index (κ1) is 14.7. The quantitative estimate of drug-likeness (QED) is 0.718. The highest BCUT2D eigenvalue weighted by molar-refractivity contribution is 6.42. The molecule has 0 radical (unpaired) electrons. The number of anilines is 1. The van der Waals surface area contributed by atoms with Gasteiger partial charge >= 0.3 is 0 Å². The Morgan fingerprint density at radius 2 is 1.58 bits per heavy atom. The van der Waals surface area contributed by atoms with Gasteiger partial charge in [0.1, 0.15) is 5.82 Å². The number of halogens is 5. The Balaban J connectivity index is 2.22. The van der Waals surface area contributed by atoms with Crippen molar-refractivity contribution < 1.29 is 4.39 Å². The SMILES string of the molecule is Fc1cc(Cl)c(NCc2cccc(Cl)c2Cl)c(Cl)c1. The summed E-state index contributed by atoms with van der Waals surface area (Å²) in [7, 11) is 0. The van der Waals surface area contributed by atoms with Crippen molar-refractivity contribution in [3.63, 3.8) is 0 Å². The van der Waals surface area contributed by atoms with Crippen molar-refractivity contribution in [2.24, 2.45) is 0 Å². The molecular formula is C13H8Cl4FN. The smallest absolute Gasteiger partial charge is 0.126 e. The molecule has 0 amide bonds. The Morgan fingerprint density at radius 1 is 0.947 bits per heavy atom. The second kappa shape index (κ2) is 6.19. The number of benzene rings is 2. The molecule has 2 aromatic carbocycles. The average Bonchev–Trinajstić information content (AvgIpc) is 2.33. The van der Waals surface area contributed by atoms with Gasteiger partial charge in [-0.1, -0.05) is 58.5 Å². The molecule has 1 nitrogen and oxygen atoms in total. The van der Waals surface area contributed by atoms with Gasteiger partial charge in [0.2, 0.25) is 0 Å². The number of hydrogen-bond donors (Lipinski definition) is 1. The van der Waals surface area contributed by atoms with Crippen molar-refractivity contribution in [3.05, 3.63) is 61.8 Å². The lowest BCUT2D eigenvalue weighted by Crippen LogP contribution is -2.02. The van der Waals surface area contributed by atoms with Crippen LogP contribution in [0.25, 0.3) is 0 Å². The topological polar surface area (TPSA) is 12.0 Å². The van der Waals surface area contributed by atoms with Crippen molar-refractivity contribution >= 4 is 52.1 Å². The first-order valence-corrected chi connectivity index (χ1v) is 6.81. The maximum Gasteiger partial charge on any atom is 0.126 e. The molecule has 2 rings (SSSR count). The first-order chi connectivity index (χ1) is 8.99. The van der Waals surface area contributed by atoms with E-state index in [1.165, 1.54) is 12.1 Å². The van der Waals surface area contributed by atoms with Gasteiger partial charge in [-0.15, -0.1) is 0 Å². The minimum absolute atomic E-state index is 0.211. The normalized spacial score (nSPS) is 10.6. The lowest BCUT2D eigenvalue weighted by Gasteiger charge is -2.12. The lowest BCUT2D eigenvalue weighted by atomic mass is 10.2. The summed E-state index contributed by atoms with van der Waals surface area (Å²) in [5.41, 5.74) is 1.26. The maximum absolute atomic E-state index is 13.1. The molecule has 19 heavy (non-hydrogen) atoms. The molecule has 0 aromatic heterocycles. The highest BCUT2D eigenvalue weighted by atomic mass is 35.5. The van der Waals surface area contributed by atoms with Gasteiger partial charge in [0.25, 0.3) is 0 Å². The van der Waals surface area contributed by atoms with Gasteiger partial charge in [-0.25, -0.2) is 4.39 Å². The van der Waals surface area contributed by atoms with E-state index in [0.717, 1.165) is 5.56 Å². The first-order valence-electron chi connectivity index (χ1n) is 5.30. The standard InChI is InChI=1S/C13H8Cl4FN/c14-9-3-1-2-7(12(9)17)6-19-13-10(15)4-8(18)5-11(13)16/h1-5,19H,6H2. The molecule has 0 heterocycles. The predicted molar refractivity (Wildman–Crippen MR) is 80.2 cm³/mol. The zero-order valence-electron chi connectivity index (χ0n) is 9.48. The largest absolute Gasteiger partial charge is 0.378 e. The van der Waals surface area contributed by atoms with Crippen LogP contribution in [-0.4, -0.2) is 0 Å². The minimum Gasteiger partial charge on any atom is -0.378 e. The molecule has 0 saturated heterocycles. The van der Waals surface area contributed by atoms with Crippen molar-refractivity contribution in [3.8, 4) is 0 Å². The van der Waals surface area contributed by atoms with Crippen molar-refractivity contribution in [2.75, 3.05) is 5.32 Å². The summed E-state index contributed by atoms with van der Waals surface area (Å²) in [6.45, 7) is 0.379. The molecule has 0 bridgehead atoms. The van der Waals surface area contributed by atoms with E-state index in [1.54, 1.807) is 12.1 Å². The molecule has 100 valence electrons. The molecule has 1 N–H and O–H groups in total. The van der Waals surface area contributed by atoms with Gasteiger partial charge in [-0.05, 0) is 23.8 Å². The molecule has 0 aliphatic rings. The summed E-state index contributed by atoms with van der Waals surface area (Å²) in [4.78, 5) is 0. The summed E-state index contributed by atoms with van der Waals surface area (Å²) in [6.07, 6.45) is 0. The number of nitrogens with one attached hydrogen (secondary N) is 1. The maximum atomic E-state index is 13.1. The van der Waals surface area contributed by atoms with E-state index in [1.807, 2.05) is 6.07 Å². The predicted octanol–water partition coefficient (Wildman–Crippen LogP) is 6.05. The van der Waals surface area contributed by atoms with Crippen molar-refractivity contribution in [1.29, 1.82) is 0 Å².